The van der Waals surface area contributed by atoms with Crippen LogP contribution in [0.15, 0.2) is 48.7 Å². The summed E-state index contributed by atoms with van der Waals surface area (Å²) in [6, 6.07) is 13.5. The van der Waals surface area contributed by atoms with E-state index < -0.39 is 6.10 Å². The molecule has 2 N–H and O–H groups in total. The molecule has 0 bridgehead atoms. The Hall–Kier alpha value is -1.94. The van der Waals surface area contributed by atoms with E-state index >= 15 is 0 Å². The summed E-state index contributed by atoms with van der Waals surface area (Å²) in [6.45, 7) is 7.68. The zero-order valence-electron chi connectivity index (χ0n) is 22.9. The summed E-state index contributed by atoms with van der Waals surface area (Å²) in [5.41, 5.74) is 2.49. The minimum Gasteiger partial charge on any atom is -0.386 e. The highest BCUT2D eigenvalue weighted by molar-refractivity contribution is 5.95. The van der Waals surface area contributed by atoms with Gasteiger partial charge >= 0.3 is 0 Å². The fourth-order valence-corrected chi connectivity index (χ4v) is 5.12. The van der Waals surface area contributed by atoms with Crippen molar-refractivity contribution in [1.82, 2.24) is 24.8 Å². The van der Waals surface area contributed by atoms with Crippen LogP contribution in [0, 0.1) is 11.8 Å². The summed E-state index contributed by atoms with van der Waals surface area (Å²) in [6.07, 6.45) is 3.56. The molecule has 1 fully saturated rings. The van der Waals surface area contributed by atoms with Gasteiger partial charge in [-0.15, -0.1) is 37.2 Å². The van der Waals surface area contributed by atoms with Crippen molar-refractivity contribution < 1.29 is 14.6 Å². The molecule has 3 atom stereocenters. The van der Waals surface area contributed by atoms with Gasteiger partial charge in [0.25, 0.3) is 5.91 Å². The molecule has 3 heterocycles. The Balaban J connectivity index is 0.00000253. The highest BCUT2D eigenvalue weighted by Crippen LogP contribution is 2.29. The van der Waals surface area contributed by atoms with Crippen molar-refractivity contribution in [2.75, 3.05) is 33.4 Å². The normalized spacial score (nSPS) is 17.6. The van der Waals surface area contributed by atoms with Crippen LogP contribution in [0.25, 0.3) is 11.0 Å². The Morgan fingerprint density at radius 3 is 2.56 bits per heavy atom. The number of piperidine rings is 1. The number of aliphatic hydroxyl groups excluding tert-OH is 1. The summed E-state index contributed by atoms with van der Waals surface area (Å²) >= 11 is 0. The molecule has 0 spiro atoms. The number of amides is 1. The Bertz CT molecular complexity index is 1130. The third-order valence-electron chi connectivity index (χ3n) is 6.89. The van der Waals surface area contributed by atoms with Gasteiger partial charge in [-0.05, 0) is 49.4 Å². The molecule has 0 aliphatic carbocycles. The van der Waals surface area contributed by atoms with Crippen molar-refractivity contribution in [2.45, 2.75) is 51.8 Å². The number of carbonyl (C=O) groups is 1. The van der Waals surface area contributed by atoms with Crippen molar-refractivity contribution in [2.24, 2.45) is 11.8 Å². The average Bonchev–Trinajstić information content (AvgIpc) is 3.28. The topological polar surface area (TPSA) is 92.5 Å². The van der Waals surface area contributed by atoms with Crippen molar-refractivity contribution in [1.29, 1.82) is 0 Å². The van der Waals surface area contributed by atoms with E-state index in [0.717, 1.165) is 23.9 Å². The maximum atomic E-state index is 14.1. The molecular formula is C28H42Cl3N5O3. The number of aromatic nitrogens is 3. The first-order valence-electron chi connectivity index (χ1n) is 13.0. The molecule has 2 aromatic heterocycles. The number of carbonyl (C=O) groups excluding carboxylic acids is 1. The van der Waals surface area contributed by atoms with Gasteiger partial charge in [0.15, 0.2) is 5.82 Å². The minimum absolute atomic E-state index is 0. The van der Waals surface area contributed by atoms with Crippen molar-refractivity contribution in [3.8, 4) is 0 Å². The number of methoxy groups -OCH3 is 1. The van der Waals surface area contributed by atoms with Gasteiger partial charge in [0.2, 0.25) is 0 Å². The van der Waals surface area contributed by atoms with E-state index in [1.807, 2.05) is 47.4 Å². The summed E-state index contributed by atoms with van der Waals surface area (Å²) in [5.74, 6) is 0.705. The molecule has 8 nitrogen and oxygen atoms in total. The number of imidazole rings is 1. The number of unbranched alkanes of at least 4 members (excludes halogenated alkanes) is 1. The number of fused-ring (bicyclic) bond motifs is 1. The minimum atomic E-state index is -0.678. The SMILES string of the molecule is COCCCCn1c(C(=O)N(CC(C)C)[C@@H]2CNCC(C(O)c3ccccn3)C2)nc2ccccc21.Cl.Cl.Cl. The Labute approximate surface area is 250 Å². The lowest BCUT2D eigenvalue weighted by molar-refractivity contribution is 0.0378. The van der Waals surface area contributed by atoms with Gasteiger partial charge in [0, 0.05) is 58.1 Å². The second kappa shape index (κ2) is 17.0. The third kappa shape index (κ3) is 8.77. The standard InChI is InChI=1S/C28H39N5O3.3ClH/c1-20(2)19-33(22-16-21(17-29-18-22)26(34)24-11-6-7-13-30-24)28(35)27-31-23-10-4-5-12-25(23)32(27)14-8-9-15-36-3;;;/h4-7,10-13,20-22,26,29,34H,8-9,14-19H2,1-3H3;3*1H/t21?,22-,26?;;;/m0.../s1. The number of aryl methyl sites for hydroxylation is 1. The van der Waals surface area contributed by atoms with E-state index in [0.29, 0.717) is 56.6 Å². The number of ether oxygens (including phenoxy) is 1. The molecule has 1 saturated heterocycles. The number of nitrogens with one attached hydrogen (secondary N) is 1. The number of rotatable bonds is 11. The average molecular weight is 603 g/mol. The van der Waals surface area contributed by atoms with E-state index in [1.165, 1.54) is 0 Å². The molecule has 1 aliphatic rings. The van der Waals surface area contributed by atoms with Crippen molar-refractivity contribution in [3.63, 3.8) is 0 Å². The predicted octanol–water partition coefficient (Wildman–Crippen LogP) is 4.93. The lowest BCUT2D eigenvalue weighted by Gasteiger charge is -2.40. The summed E-state index contributed by atoms with van der Waals surface area (Å²) < 4.78 is 7.28. The summed E-state index contributed by atoms with van der Waals surface area (Å²) in [7, 11) is 1.71. The Morgan fingerprint density at radius 1 is 1.13 bits per heavy atom. The number of hydrogen-bond acceptors (Lipinski definition) is 6. The molecule has 0 radical (unpaired) electrons. The second-order valence-corrected chi connectivity index (χ2v) is 10.1. The van der Waals surface area contributed by atoms with Crippen LogP contribution in [0.5, 0.6) is 0 Å². The van der Waals surface area contributed by atoms with Gasteiger partial charge < -0.3 is 24.6 Å². The second-order valence-electron chi connectivity index (χ2n) is 10.1. The van der Waals surface area contributed by atoms with Crippen LogP contribution in [0.3, 0.4) is 0 Å². The Kier molecular flexibility index (Phi) is 15.3. The lowest BCUT2D eigenvalue weighted by atomic mass is 9.88. The molecule has 3 aromatic rings. The smallest absolute Gasteiger partial charge is 0.290 e. The highest BCUT2D eigenvalue weighted by atomic mass is 35.5. The van der Waals surface area contributed by atoms with Gasteiger partial charge in [-0.25, -0.2) is 4.98 Å². The van der Waals surface area contributed by atoms with Crippen LogP contribution in [0.1, 0.15) is 55.5 Å². The number of para-hydroxylation sites is 2. The van der Waals surface area contributed by atoms with Gasteiger partial charge in [-0.2, -0.15) is 0 Å². The molecule has 1 aromatic carbocycles. The van der Waals surface area contributed by atoms with Gasteiger partial charge in [0.1, 0.15) is 6.10 Å². The number of hydrogen-bond donors (Lipinski definition) is 2. The largest absolute Gasteiger partial charge is 0.386 e. The highest BCUT2D eigenvalue weighted by Gasteiger charge is 2.35. The van der Waals surface area contributed by atoms with Crippen LogP contribution in [0.2, 0.25) is 0 Å². The number of benzene rings is 1. The molecule has 1 aliphatic heterocycles. The molecule has 1 amide bonds. The fraction of sp³-hybridized carbons (Fsp3) is 0.536. The maximum absolute atomic E-state index is 14.1. The summed E-state index contributed by atoms with van der Waals surface area (Å²) in [4.78, 5) is 25.2. The van der Waals surface area contributed by atoms with Crippen LogP contribution in [-0.4, -0.2) is 69.8 Å². The van der Waals surface area contributed by atoms with Crippen molar-refractivity contribution in [3.05, 3.63) is 60.2 Å². The molecule has 11 heteroatoms. The van der Waals surface area contributed by atoms with Crippen LogP contribution in [-0.2, 0) is 11.3 Å². The first-order chi connectivity index (χ1) is 17.5. The van der Waals surface area contributed by atoms with Gasteiger partial charge in [-0.3, -0.25) is 9.78 Å². The zero-order valence-corrected chi connectivity index (χ0v) is 25.3. The monoisotopic (exact) mass is 601 g/mol. The number of halogens is 3. The van der Waals surface area contributed by atoms with Crippen LogP contribution < -0.4 is 5.32 Å². The predicted molar refractivity (Wildman–Crippen MR) is 162 cm³/mol. The summed E-state index contributed by atoms with van der Waals surface area (Å²) in [5, 5.41) is 14.5. The van der Waals surface area contributed by atoms with Gasteiger partial charge in [-0.1, -0.05) is 32.0 Å². The van der Waals surface area contributed by atoms with E-state index in [2.05, 4.69) is 28.7 Å². The third-order valence-corrected chi connectivity index (χ3v) is 6.89. The molecule has 218 valence electrons. The van der Waals surface area contributed by atoms with Crippen LogP contribution >= 0.6 is 37.2 Å². The first kappa shape index (κ1) is 35.1. The molecule has 0 saturated carbocycles. The van der Waals surface area contributed by atoms with E-state index in [4.69, 9.17) is 9.72 Å². The van der Waals surface area contributed by atoms with E-state index in [-0.39, 0.29) is 55.1 Å². The number of nitrogens with zero attached hydrogens (tertiary/aromatic N) is 4. The zero-order chi connectivity index (χ0) is 25.5. The molecule has 2 unspecified atom stereocenters. The molecule has 39 heavy (non-hydrogen) atoms. The molecule has 4 rings (SSSR count). The number of pyridine rings is 1. The van der Waals surface area contributed by atoms with Gasteiger partial charge in [0.05, 0.1) is 16.7 Å². The quantitative estimate of drug-likeness (QED) is 0.302. The fourth-order valence-electron chi connectivity index (χ4n) is 5.12. The van der Waals surface area contributed by atoms with E-state index in [9.17, 15) is 9.90 Å². The van der Waals surface area contributed by atoms with Crippen LogP contribution in [0.4, 0.5) is 0 Å². The molecular weight excluding hydrogens is 561 g/mol. The van der Waals surface area contributed by atoms with Crippen molar-refractivity contribution >= 4 is 54.2 Å². The maximum Gasteiger partial charge on any atom is 0.290 e. The lowest BCUT2D eigenvalue weighted by Crippen LogP contribution is -2.53. The van der Waals surface area contributed by atoms with E-state index in [1.54, 1.807) is 13.3 Å². The number of aliphatic hydroxyl groups is 1. The Morgan fingerprint density at radius 2 is 1.87 bits per heavy atom. The first-order valence-corrected chi connectivity index (χ1v) is 13.0.